The van der Waals surface area contributed by atoms with Crippen LogP contribution in [-0.4, -0.2) is 65.6 Å². The zero-order chi connectivity index (χ0) is 29.8. The maximum Gasteiger partial charge on any atom is 0.305 e. The molecule has 8 heteroatoms. The highest BCUT2D eigenvalue weighted by Gasteiger charge is 2.38. The van der Waals surface area contributed by atoms with Gasteiger partial charge in [-0.2, -0.15) is 11.3 Å². The summed E-state index contributed by atoms with van der Waals surface area (Å²) in [5.41, 5.74) is 4.22. The second kappa shape index (κ2) is 13.4. The molecule has 2 fully saturated rings. The number of aromatic nitrogens is 1. The summed E-state index contributed by atoms with van der Waals surface area (Å²) in [4.78, 5) is 30.6. The third-order valence-electron chi connectivity index (χ3n) is 9.23. The third-order valence-corrected chi connectivity index (χ3v) is 9.93. The molecule has 4 aromatic rings. The van der Waals surface area contributed by atoms with E-state index in [-0.39, 0.29) is 17.7 Å². The Bertz CT molecular complexity index is 1530. The quantitative estimate of drug-likeness (QED) is 0.185. The fourth-order valence-electron chi connectivity index (χ4n) is 7.02. The SMILES string of the molecule is CCOC(=O)CCCn1ccc2cccc(C(=O)N3CC(CN4CCC(c5ccc(F)cc5)CC4)C(c4ccsc4)C3)c21. The summed E-state index contributed by atoms with van der Waals surface area (Å²) in [5, 5.41) is 5.41. The van der Waals surface area contributed by atoms with Gasteiger partial charge in [0.25, 0.3) is 5.91 Å². The number of carbonyl (C=O) groups is 2. The summed E-state index contributed by atoms with van der Waals surface area (Å²) in [6.45, 7) is 7.31. The van der Waals surface area contributed by atoms with Gasteiger partial charge in [-0.1, -0.05) is 24.3 Å². The minimum Gasteiger partial charge on any atom is -0.466 e. The van der Waals surface area contributed by atoms with Crippen molar-refractivity contribution in [2.75, 3.05) is 39.3 Å². The lowest BCUT2D eigenvalue weighted by Crippen LogP contribution is -2.38. The van der Waals surface area contributed by atoms with E-state index in [1.807, 2.05) is 49.5 Å². The molecule has 0 aliphatic carbocycles. The number of carbonyl (C=O) groups excluding carboxylic acids is 2. The Balaban J connectivity index is 1.15. The molecule has 0 radical (unpaired) electrons. The van der Waals surface area contributed by atoms with Gasteiger partial charge in [0.2, 0.25) is 0 Å². The summed E-state index contributed by atoms with van der Waals surface area (Å²) < 4.78 is 20.6. The molecular weight excluding hydrogens is 561 g/mol. The molecule has 1 amide bonds. The fourth-order valence-corrected chi connectivity index (χ4v) is 7.74. The monoisotopic (exact) mass is 601 g/mol. The van der Waals surface area contributed by atoms with Crippen molar-refractivity contribution in [3.05, 3.63) is 94.1 Å². The van der Waals surface area contributed by atoms with E-state index >= 15 is 0 Å². The molecule has 2 saturated heterocycles. The molecule has 0 spiro atoms. The van der Waals surface area contributed by atoms with Crippen LogP contribution in [0, 0.1) is 11.7 Å². The average Bonchev–Trinajstić information content (AvgIpc) is 3.78. The smallest absolute Gasteiger partial charge is 0.305 e. The fraction of sp³-hybridized carbons (Fsp3) is 0.429. The van der Waals surface area contributed by atoms with Crippen LogP contribution >= 0.6 is 11.3 Å². The number of rotatable bonds is 10. The van der Waals surface area contributed by atoms with Crippen LogP contribution in [0.2, 0.25) is 0 Å². The van der Waals surface area contributed by atoms with E-state index in [4.69, 9.17) is 4.74 Å². The number of esters is 1. The number of ether oxygens (including phenoxy) is 1. The van der Waals surface area contributed by atoms with Crippen LogP contribution in [0.3, 0.4) is 0 Å². The van der Waals surface area contributed by atoms with Crippen LogP contribution in [0.15, 0.2) is 71.6 Å². The predicted molar refractivity (Wildman–Crippen MR) is 169 cm³/mol. The van der Waals surface area contributed by atoms with E-state index in [0.29, 0.717) is 50.3 Å². The number of halogens is 1. The first-order valence-electron chi connectivity index (χ1n) is 15.5. The Morgan fingerprint density at radius 3 is 2.56 bits per heavy atom. The van der Waals surface area contributed by atoms with Crippen molar-refractivity contribution in [3.8, 4) is 0 Å². The molecule has 2 aromatic heterocycles. The molecule has 4 heterocycles. The van der Waals surface area contributed by atoms with E-state index in [2.05, 4.69) is 31.2 Å². The van der Waals surface area contributed by atoms with Gasteiger partial charge in [-0.05, 0) is 103 Å². The van der Waals surface area contributed by atoms with E-state index in [1.54, 1.807) is 23.5 Å². The zero-order valence-corrected chi connectivity index (χ0v) is 25.6. The van der Waals surface area contributed by atoms with Crippen LogP contribution in [-0.2, 0) is 16.1 Å². The second-order valence-electron chi connectivity index (χ2n) is 11.9. The van der Waals surface area contributed by atoms with Crippen LogP contribution in [0.5, 0.6) is 0 Å². The topological polar surface area (TPSA) is 54.8 Å². The van der Waals surface area contributed by atoms with Crippen molar-refractivity contribution in [2.45, 2.75) is 51.0 Å². The molecule has 2 unspecified atom stereocenters. The number of amides is 1. The summed E-state index contributed by atoms with van der Waals surface area (Å²) in [5.74, 6) is 0.850. The minimum atomic E-state index is -0.183. The molecule has 6 rings (SSSR count). The van der Waals surface area contributed by atoms with Gasteiger partial charge >= 0.3 is 5.97 Å². The molecular formula is C35H40FN3O3S. The van der Waals surface area contributed by atoms with Crippen LogP contribution in [0.1, 0.15) is 65.9 Å². The molecule has 0 bridgehead atoms. The average molecular weight is 602 g/mol. The number of hydrogen-bond donors (Lipinski definition) is 0. The lowest BCUT2D eigenvalue weighted by Gasteiger charge is -2.34. The summed E-state index contributed by atoms with van der Waals surface area (Å²) in [6, 6.07) is 17.2. The number of hydrogen-bond acceptors (Lipinski definition) is 5. The first-order valence-corrected chi connectivity index (χ1v) is 16.5. The number of fused-ring (bicyclic) bond motifs is 1. The van der Waals surface area contributed by atoms with E-state index in [9.17, 15) is 14.0 Å². The van der Waals surface area contributed by atoms with Crippen molar-refractivity contribution in [1.82, 2.24) is 14.4 Å². The van der Waals surface area contributed by atoms with Gasteiger partial charge < -0.3 is 19.1 Å². The molecule has 43 heavy (non-hydrogen) atoms. The van der Waals surface area contributed by atoms with Crippen molar-refractivity contribution < 1.29 is 18.7 Å². The summed E-state index contributed by atoms with van der Waals surface area (Å²) in [7, 11) is 0. The van der Waals surface area contributed by atoms with Gasteiger partial charge in [0, 0.05) is 50.1 Å². The third kappa shape index (κ3) is 6.70. The van der Waals surface area contributed by atoms with Gasteiger partial charge in [-0.25, -0.2) is 4.39 Å². The summed E-state index contributed by atoms with van der Waals surface area (Å²) in [6.07, 6.45) is 5.18. The first kappa shape index (κ1) is 29.6. The molecule has 0 N–H and O–H groups in total. The van der Waals surface area contributed by atoms with E-state index in [0.717, 1.165) is 55.5 Å². The Hall–Kier alpha value is -3.49. The number of thiophene rings is 1. The van der Waals surface area contributed by atoms with Crippen LogP contribution < -0.4 is 0 Å². The summed E-state index contributed by atoms with van der Waals surface area (Å²) >= 11 is 1.72. The van der Waals surface area contributed by atoms with Gasteiger partial charge in [-0.15, -0.1) is 0 Å². The molecule has 226 valence electrons. The number of nitrogens with zero attached hydrogens (tertiary/aromatic N) is 3. The van der Waals surface area contributed by atoms with Crippen molar-refractivity contribution >= 4 is 34.1 Å². The number of likely N-dealkylation sites (tertiary alicyclic amines) is 2. The van der Waals surface area contributed by atoms with Crippen LogP contribution in [0.4, 0.5) is 4.39 Å². The Morgan fingerprint density at radius 2 is 1.81 bits per heavy atom. The molecule has 2 aliphatic rings. The number of benzene rings is 2. The second-order valence-corrected chi connectivity index (χ2v) is 12.7. The molecule has 2 aliphatic heterocycles. The van der Waals surface area contributed by atoms with Crippen molar-refractivity contribution in [3.63, 3.8) is 0 Å². The van der Waals surface area contributed by atoms with E-state index < -0.39 is 0 Å². The van der Waals surface area contributed by atoms with Gasteiger partial charge in [0.15, 0.2) is 0 Å². The highest BCUT2D eigenvalue weighted by atomic mass is 32.1. The van der Waals surface area contributed by atoms with Crippen molar-refractivity contribution in [1.29, 1.82) is 0 Å². The zero-order valence-electron chi connectivity index (χ0n) is 24.8. The number of piperidine rings is 1. The normalized spacial score (nSPS) is 19.7. The lowest BCUT2D eigenvalue weighted by atomic mass is 9.87. The minimum absolute atomic E-state index is 0.0775. The Labute approximate surface area is 257 Å². The largest absolute Gasteiger partial charge is 0.466 e. The highest BCUT2D eigenvalue weighted by molar-refractivity contribution is 7.08. The Morgan fingerprint density at radius 1 is 1.00 bits per heavy atom. The predicted octanol–water partition coefficient (Wildman–Crippen LogP) is 6.92. The van der Waals surface area contributed by atoms with Gasteiger partial charge in [0.05, 0.1) is 17.7 Å². The van der Waals surface area contributed by atoms with Crippen molar-refractivity contribution in [2.24, 2.45) is 5.92 Å². The maximum absolute atomic E-state index is 14.2. The number of para-hydroxylation sites is 1. The standard InChI is InChI=1S/C35H40FN3O3S/c1-2-42-33(40)7-4-16-38-19-14-27-5-3-6-31(34(27)38)35(41)39-22-29(32(23-39)28-15-20-43-24-28)21-37-17-12-26(13-18-37)25-8-10-30(36)11-9-25/h3,5-6,8-11,14-15,19-20,24,26,29,32H,2,4,7,12-13,16-18,21-23H2,1H3. The van der Waals surface area contributed by atoms with E-state index in [1.165, 1.54) is 11.1 Å². The van der Waals surface area contributed by atoms with Gasteiger partial charge in [0.1, 0.15) is 5.82 Å². The molecule has 2 aromatic carbocycles. The first-order chi connectivity index (χ1) is 21.0. The molecule has 0 saturated carbocycles. The number of aryl methyl sites for hydroxylation is 1. The lowest BCUT2D eigenvalue weighted by molar-refractivity contribution is -0.143. The molecule has 2 atom stereocenters. The Kier molecular flexibility index (Phi) is 9.24. The highest BCUT2D eigenvalue weighted by Crippen LogP contribution is 2.37. The maximum atomic E-state index is 14.2. The molecule has 6 nitrogen and oxygen atoms in total. The van der Waals surface area contributed by atoms with Gasteiger partial charge in [-0.3, -0.25) is 9.59 Å². The van der Waals surface area contributed by atoms with Crippen LogP contribution in [0.25, 0.3) is 10.9 Å².